The molecular formula is C40H48N8O7. The van der Waals surface area contributed by atoms with Gasteiger partial charge in [0.2, 0.25) is 11.8 Å². The third-order valence-electron chi connectivity index (χ3n) is 10.7. The highest BCUT2D eigenvalue weighted by Crippen LogP contribution is 2.36. The van der Waals surface area contributed by atoms with Gasteiger partial charge >= 0.3 is 12.2 Å². The fraction of sp³-hybridized carbons (Fsp3) is 0.450. The summed E-state index contributed by atoms with van der Waals surface area (Å²) in [7, 11) is 2.57. The Bertz CT molecular complexity index is 2070. The van der Waals surface area contributed by atoms with Crippen LogP contribution >= 0.6 is 0 Å². The van der Waals surface area contributed by atoms with Crippen LogP contribution in [-0.4, -0.2) is 93.1 Å². The fourth-order valence-electron chi connectivity index (χ4n) is 7.71. The van der Waals surface area contributed by atoms with Gasteiger partial charge in [0.25, 0.3) is 0 Å². The molecule has 0 radical (unpaired) electrons. The summed E-state index contributed by atoms with van der Waals surface area (Å²) in [4.78, 5) is 71.4. The zero-order chi connectivity index (χ0) is 39.0. The number of likely N-dealkylation sites (tertiary alicyclic amines) is 2. The number of hydrogen-bond acceptors (Lipinski definition) is 9. The normalized spacial score (nSPS) is 18.3. The van der Waals surface area contributed by atoms with Crippen LogP contribution in [0.4, 0.5) is 9.59 Å². The number of rotatable bonds is 10. The summed E-state index contributed by atoms with van der Waals surface area (Å²) in [6, 6.07) is 13.8. The molecule has 4 atom stereocenters. The van der Waals surface area contributed by atoms with Gasteiger partial charge in [-0.25, -0.2) is 19.6 Å². The summed E-state index contributed by atoms with van der Waals surface area (Å²) in [5.74, 6) is 2.22. The van der Waals surface area contributed by atoms with E-state index in [1.165, 1.54) is 14.2 Å². The van der Waals surface area contributed by atoms with E-state index in [1.807, 2.05) is 76.2 Å². The third-order valence-corrected chi connectivity index (χ3v) is 10.7. The number of benzene rings is 2. The average Bonchev–Trinajstić information content (AvgIpc) is 4.02. The summed E-state index contributed by atoms with van der Waals surface area (Å²) in [6.45, 7) is 8.73. The van der Waals surface area contributed by atoms with Crippen molar-refractivity contribution in [2.45, 2.75) is 77.5 Å². The Morgan fingerprint density at radius 1 is 0.691 bits per heavy atom. The molecule has 2 saturated heterocycles. The molecule has 0 saturated carbocycles. The van der Waals surface area contributed by atoms with Crippen molar-refractivity contribution in [3.05, 3.63) is 60.2 Å². The molecule has 0 aliphatic carbocycles. The zero-order valence-electron chi connectivity index (χ0n) is 32.0. The molecule has 290 valence electrons. The molecule has 5 aromatic rings. The molecule has 4 N–H and O–H groups in total. The first-order valence-corrected chi connectivity index (χ1v) is 18.9. The van der Waals surface area contributed by atoms with Crippen molar-refractivity contribution in [2.24, 2.45) is 11.8 Å². The number of H-pyrrole nitrogens is 2. The van der Waals surface area contributed by atoms with Crippen LogP contribution in [0.1, 0.15) is 77.1 Å². The molecule has 2 aromatic carbocycles. The maximum absolute atomic E-state index is 13.6. The topological polar surface area (TPSA) is 188 Å². The second kappa shape index (κ2) is 15.5. The lowest BCUT2D eigenvalue weighted by molar-refractivity contribution is -0.136. The molecule has 55 heavy (non-hydrogen) atoms. The number of furan rings is 1. The van der Waals surface area contributed by atoms with E-state index in [-0.39, 0.29) is 35.7 Å². The predicted molar refractivity (Wildman–Crippen MR) is 205 cm³/mol. The second-order valence-electron chi connectivity index (χ2n) is 15.0. The van der Waals surface area contributed by atoms with Gasteiger partial charge in [-0.05, 0) is 86.1 Å². The number of imidazole rings is 2. The first-order chi connectivity index (χ1) is 26.4. The van der Waals surface area contributed by atoms with Gasteiger partial charge in [-0.3, -0.25) is 9.59 Å². The summed E-state index contributed by atoms with van der Waals surface area (Å²) in [6.07, 6.45) is 1.91. The molecule has 7 rings (SSSR count). The molecule has 15 heteroatoms. The number of methoxy groups -OCH3 is 2. The van der Waals surface area contributed by atoms with Gasteiger partial charge in [0.15, 0.2) is 0 Å². The lowest BCUT2D eigenvalue weighted by atomic mass is 10.0. The van der Waals surface area contributed by atoms with Crippen molar-refractivity contribution >= 4 is 46.1 Å². The minimum absolute atomic E-state index is 0.120. The first-order valence-electron chi connectivity index (χ1n) is 18.9. The van der Waals surface area contributed by atoms with E-state index in [1.54, 1.807) is 9.80 Å². The van der Waals surface area contributed by atoms with Gasteiger partial charge in [0.05, 0.1) is 48.4 Å². The van der Waals surface area contributed by atoms with Gasteiger partial charge in [-0.15, -0.1) is 0 Å². The van der Waals surface area contributed by atoms with E-state index < -0.39 is 24.3 Å². The van der Waals surface area contributed by atoms with Gasteiger partial charge in [-0.1, -0.05) is 27.7 Å². The van der Waals surface area contributed by atoms with Crippen LogP contribution in [0.3, 0.4) is 0 Å². The Morgan fingerprint density at radius 3 is 1.49 bits per heavy atom. The lowest BCUT2D eigenvalue weighted by Gasteiger charge is -2.29. The number of carbonyl (C=O) groups is 4. The Labute approximate surface area is 318 Å². The van der Waals surface area contributed by atoms with Crippen molar-refractivity contribution in [3.8, 4) is 22.6 Å². The van der Waals surface area contributed by atoms with Crippen molar-refractivity contribution in [3.63, 3.8) is 0 Å². The van der Waals surface area contributed by atoms with Crippen LogP contribution in [0.5, 0.6) is 0 Å². The average molecular weight is 753 g/mol. The predicted octanol–water partition coefficient (Wildman–Crippen LogP) is 6.45. The molecule has 5 heterocycles. The van der Waals surface area contributed by atoms with E-state index in [9.17, 15) is 19.2 Å². The Morgan fingerprint density at radius 2 is 1.11 bits per heavy atom. The van der Waals surface area contributed by atoms with E-state index in [4.69, 9.17) is 23.9 Å². The molecule has 2 aliphatic rings. The van der Waals surface area contributed by atoms with Crippen molar-refractivity contribution in [1.29, 1.82) is 0 Å². The number of ether oxygens (including phenoxy) is 2. The largest absolute Gasteiger partial charge is 0.456 e. The SMILES string of the molecule is COC(=O)N[C@H](C(=O)N1CCC[C@H]1c1nc2ccc(-c3ccc(-c4ccc5nc([C@@H]6CCCN6C(=O)[C@@H](NC(=O)OC)C(C)C)[nH]c5c4)o3)cc2[nH]1)C(C)C. The van der Waals surface area contributed by atoms with Crippen LogP contribution in [0.2, 0.25) is 0 Å². The molecule has 15 nitrogen and oxygen atoms in total. The number of nitrogens with zero attached hydrogens (tertiary/aromatic N) is 4. The van der Waals surface area contributed by atoms with E-state index in [2.05, 4.69) is 20.6 Å². The highest BCUT2D eigenvalue weighted by molar-refractivity contribution is 5.88. The Kier molecular flexibility index (Phi) is 10.5. The van der Waals surface area contributed by atoms with Gasteiger partial charge in [-0.2, -0.15) is 0 Å². The van der Waals surface area contributed by atoms with Crippen LogP contribution in [-0.2, 0) is 19.1 Å². The van der Waals surface area contributed by atoms with E-state index >= 15 is 0 Å². The number of hydrogen-bond donors (Lipinski definition) is 4. The first kappa shape index (κ1) is 37.5. The van der Waals surface area contributed by atoms with E-state index in [0.29, 0.717) is 36.3 Å². The van der Waals surface area contributed by atoms with Crippen LogP contribution < -0.4 is 10.6 Å². The summed E-state index contributed by atoms with van der Waals surface area (Å²) < 4.78 is 15.9. The summed E-state index contributed by atoms with van der Waals surface area (Å²) in [5.41, 5.74) is 4.94. The minimum atomic E-state index is -0.706. The number of aromatic nitrogens is 4. The highest BCUT2D eigenvalue weighted by Gasteiger charge is 2.39. The van der Waals surface area contributed by atoms with Crippen LogP contribution in [0, 0.1) is 11.8 Å². The highest BCUT2D eigenvalue weighted by atomic mass is 16.5. The number of fused-ring (bicyclic) bond motifs is 2. The van der Waals surface area contributed by atoms with Crippen molar-refractivity contribution in [1.82, 2.24) is 40.4 Å². The smallest absolute Gasteiger partial charge is 0.407 e. The summed E-state index contributed by atoms with van der Waals surface area (Å²) >= 11 is 0. The molecule has 3 aromatic heterocycles. The molecule has 2 aliphatic heterocycles. The molecule has 0 bridgehead atoms. The number of nitrogens with one attached hydrogen (secondary N) is 4. The maximum atomic E-state index is 13.6. The molecule has 2 fully saturated rings. The summed E-state index contributed by atoms with van der Waals surface area (Å²) in [5, 5.41) is 5.39. The third kappa shape index (κ3) is 7.47. The van der Waals surface area contributed by atoms with Gasteiger partial charge in [0, 0.05) is 24.2 Å². The van der Waals surface area contributed by atoms with Gasteiger partial charge in [0.1, 0.15) is 35.3 Å². The second-order valence-corrected chi connectivity index (χ2v) is 15.0. The molecular weight excluding hydrogens is 704 g/mol. The standard InChI is InChI=1S/C40H48N8O7/c1-21(2)33(45-39(51)53-5)37(49)47-17-7-9-29(47)35-41-25-13-11-23(19-27(25)43-35)31-15-16-32(55-31)24-12-14-26-28(20-24)44-36(42-26)30-10-8-18-48(30)38(50)34(22(3)4)46-40(52)54-6/h11-16,19-22,29-30,33-34H,7-10,17-18H2,1-6H3,(H,41,43)(H,42,44)(H,45,51)(H,46,52)/t29-,30-,33-,34-/m0/s1. The Balaban J connectivity index is 1.08. The maximum Gasteiger partial charge on any atom is 0.407 e. The van der Waals surface area contributed by atoms with Crippen molar-refractivity contribution < 1.29 is 33.1 Å². The minimum Gasteiger partial charge on any atom is -0.456 e. The monoisotopic (exact) mass is 752 g/mol. The zero-order valence-corrected chi connectivity index (χ0v) is 32.0. The van der Waals surface area contributed by atoms with Crippen molar-refractivity contribution in [2.75, 3.05) is 27.3 Å². The number of aromatic amines is 2. The molecule has 4 amide bonds. The molecule has 0 unspecified atom stereocenters. The number of alkyl carbamates (subject to hydrolysis) is 2. The fourth-order valence-corrected chi connectivity index (χ4v) is 7.71. The van der Waals surface area contributed by atoms with Crippen LogP contribution in [0.25, 0.3) is 44.7 Å². The lowest BCUT2D eigenvalue weighted by Crippen LogP contribution is -2.51. The molecule has 0 spiro atoms. The number of carbonyl (C=O) groups excluding carboxylic acids is 4. The van der Waals surface area contributed by atoms with Crippen LogP contribution in [0.15, 0.2) is 52.9 Å². The van der Waals surface area contributed by atoms with E-state index in [0.717, 1.165) is 58.9 Å². The Hall–Kier alpha value is -5.86. The number of amides is 4. The van der Waals surface area contributed by atoms with Gasteiger partial charge < -0.3 is 44.3 Å². The quantitative estimate of drug-likeness (QED) is 0.124.